The van der Waals surface area contributed by atoms with Crippen LogP contribution >= 0.6 is 11.6 Å². The molecule has 0 aromatic heterocycles. The maximum atomic E-state index is 6.05. The Hall–Kier alpha value is -0.930. The molecule has 0 radical (unpaired) electrons. The first-order chi connectivity index (χ1) is 7.66. The summed E-state index contributed by atoms with van der Waals surface area (Å²) in [6.07, 6.45) is 2.48. The van der Waals surface area contributed by atoms with Crippen LogP contribution in [0.2, 0.25) is 5.02 Å². The van der Waals surface area contributed by atoms with Gasteiger partial charge in [0.1, 0.15) is 11.9 Å². The van der Waals surface area contributed by atoms with E-state index in [0.717, 1.165) is 13.0 Å². The first-order valence-corrected chi connectivity index (χ1v) is 5.99. The molecule has 2 atom stereocenters. The van der Waals surface area contributed by atoms with Crippen LogP contribution < -0.4 is 15.8 Å². The molecule has 3 N–H and O–H groups in total. The number of anilines is 1. The number of benzene rings is 1. The Morgan fingerprint density at radius 3 is 3.06 bits per heavy atom. The zero-order valence-corrected chi connectivity index (χ0v) is 10.1. The molecule has 1 aliphatic heterocycles. The smallest absolute Gasteiger partial charge is 0.140 e. The Kier molecular flexibility index (Phi) is 3.56. The van der Waals surface area contributed by atoms with Gasteiger partial charge in [0.2, 0.25) is 0 Å². The van der Waals surface area contributed by atoms with Gasteiger partial charge in [0.05, 0.1) is 5.02 Å². The van der Waals surface area contributed by atoms with Crippen molar-refractivity contribution in [3.8, 4) is 5.75 Å². The molecule has 0 bridgehead atoms. The van der Waals surface area contributed by atoms with Gasteiger partial charge in [-0.25, -0.2) is 0 Å². The van der Waals surface area contributed by atoms with Crippen molar-refractivity contribution in [2.75, 3.05) is 12.3 Å². The van der Waals surface area contributed by atoms with Crippen LogP contribution in [0.25, 0.3) is 0 Å². The number of nitrogens with two attached hydrogens (primary N) is 1. The molecule has 3 nitrogen and oxygen atoms in total. The second-order valence-electron chi connectivity index (χ2n) is 4.22. The fourth-order valence-electron chi connectivity index (χ4n) is 2.00. The summed E-state index contributed by atoms with van der Waals surface area (Å²) in [5.41, 5.74) is 6.37. The summed E-state index contributed by atoms with van der Waals surface area (Å²) in [7, 11) is 0. The highest BCUT2D eigenvalue weighted by atomic mass is 35.5. The summed E-state index contributed by atoms with van der Waals surface area (Å²) in [5, 5.41) is 4.02. The third-order valence-corrected chi connectivity index (χ3v) is 3.25. The monoisotopic (exact) mass is 240 g/mol. The normalized spacial score (nSPS) is 22.0. The predicted molar refractivity (Wildman–Crippen MR) is 67.0 cm³/mol. The van der Waals surface area contributed by atoms with Gasteiger partial charge < -0.3 is 15.8 Å². The quantitative estimate of drug-likeness (QED) is 0.798. The number of hydrogen-bond donors (Lipinski definition) is 2. The number of ether oxygens (including phenoxy) is 1. The molecule has 0 spiro atoms. The van der Waals surface area contributed by atoms with Gasteiger partial charge in [-0.2, -0.15) is 0 Å². The second-order valence-corrected chi connectivity index (χ2v) is 4.62. The van der Waals surface area contributed by atoms with Crippen LogP contribution in [0.1, 0.15) is 19.8 Å². The van der Waals surface area contributed by atoms with Crippen molar-refractivity contribution in [1.29, 1.82) is 0 Å². The van der Waals surface area contributed by atoms with Crippen LogP contribution in [0, 0.1) is 0 Å². The lowest BCUT2D eigenvalue weighted by molar-refractivity contribution is 0.180. The van der Waals surface area contributed by atoms with Gasteiger partial charge in [-0.3, -0.25) is 0 Å². The van der Waals surface area contributed by atoms with E-state index in [4.69, 9.17) is 22.1 Å². The highest BCUT2D eigenvalue weighted by molar-refractivity contribution is 6.32. The number of nitrogen functional groups attached to an aromatic ring is 1. The molecule has 0 amide bonds. The standard InChI is InChI=1S/C12H17ClN2O/c1-8(11-3-2-6-15-11)16-12-7-9(14)4-5-10(12)13/h4-5,7-8,11,15H,2-3,6,14H2,1H3. The van der Waals surface area contributed by atoms with E-state index >= 15 is 0 Å². The van der Waals surface area contributed by atoms with Crippen LogP contribution in [0.15, 0.2) is 18.2 Å². The SMILES string of the molecule is CC(Oc1cc(N)ccc1Cl)C1CCCN1. The molecule has 0 saturated carbocycles. The first-order valence-electron chi connectivity index (χ1n) is 5.62. The molecular weight excluding hydrogens is 224 g/mol. The Morgan fingerprint density at radius 1 is 1.56 bits per heavy atom. The van der Waals surface area contributed by atoms with Crippen LogP contribution in [-0.2, 0) is 0 Å². The number of hydrogen-bond acceptors (Lipinski definition) is 3. The zero-order valence-electron chi connectivity index (χ0n) is 9.37. The average Bonchev–Trinajstić information content (AvgIpc) is 2.76. The van der Waals surface area contributed by atoms with Gasteiger partial charge in [0, 0.05) is 17.8 Å². The van der Waals surface area contributed by atoms with Gasteiger partial charge >= 0.3 is 0 Å². The highest BCUT2D eigenvalue weighted by Crippen LogP contribution is 2.28. The molecule has 16 heavy (non-hydrogen) atoms. The largest absolute Gasteiger partial charge is 0.487 e. The van der Waals surface area contributed by atoms with Crippen LogP contribution in [0.5, 0.6) is 5.75 Å². The number of nitrogens with one attached hydrogen (secondary N) is 1. The lowest BCUT2D eigenvalue weighted by Gasteiger charge is -2.21. The van der Waals surface area contributed by atoms with E-state index < -0.39 is 0 Å². The van der Waals surface area contributed by atoms with Crippen LogP contribution in [0.3, 0.4) is 0 Å². The highest BCUT2D eigenvalue weighted by Gasteiger charge is 2.22. The van der Waals surface area contributed by atoms with E-state index in [2.05, 4.69) is 12.2 Å². The first kappa shape index (κ1) is 11.6. The molecule has 1 saturated heterocycles. The maximum Gasteiger partial charge on any atom is 0.140 e. The molecule has 0 aliphatic carbocycles. The third kappa shape index (κ3) is 2.60. The molecule has 4 heteroatoms. The van der Waals surface area contributed by atoms with Crippen molar-refractivity contribution in [1.82, 2.24) is 5.32 Å². The van der Waals surface area contributed by atoms with Gasteiger partial charge in [-0.1, -0.05) is 11.6 Å². The molecule has 2 unspecified atom stereocenters. The summed E-state index contributed by atoms with van der Waals surface area (Å²) < 4.78 is 5.84. The van der Waals surface area contributed by atoms with Crippen molar-refractivity contribution < 1.29 is 4.74 Å². The topological polar surface area (TPSA) is 47.3 Å². The van der Waals surface area contributed by atoms with E-state index in [1.165, 1.54) is 6.42 Å². The fourth-order valence-corrected chi connectivity index (χ4v) is 2.17. The Bertz CT molecular complexity index is 364. The number of rotatable bonds is 3. The summed E-state index contributed by atoms with van der Waals surface area (Å²) in [4.78, 5) is 0. The van der Waals surface area contributed by atoms with E-state index in [1.54, 1.807) is 18.2 Å². The minimum atomic E-state index is 0.113. The lowest BCUT2D eigenvalue weighted by atomic mass is 10.1. The minimum Gasteiger partial charge on any atom is -0.487 e. The molecular formula is C12H17ClN2O. The molecule has 1 aliphatic rings. The van der Waals surface area contributed by atoms with Gasteiger partial charge in [-0.05, 0) is 38.4 Å². The maximum absolute atomic E-state index is 6.05. The number of halogens is 1. The van der Waals surface area contributed by atoms with Crippen molar-refractivity contribution in [3.63, 3.8) is 0 Å². The summed E-state index contributed by atoms with van der Waals surface area (Å²) in [6.45, 7) is 3.13. The van der Waals surface area contributed by atoms with Crippen molar-refractivity contribution in [2.24, 2.45) is 0 Å². The van der Waals surface area contributed by atoms with E-state index in [-0.39, 0.29) is 6.10 Å². The van der Waals surface area contributed by atoms with Gasteiger partial charge in [0.25, 0.3) is 0 Å². The van der Waals surface area contributed by atoms with Crippen LogP contribution in [-0.4, -0.2) is 18.7 Å². The molecule has 1 aromatic rings. The predicted octanol–water partition coefficient (Wildman–Crippen LogP) is 2.44. The Labute approximate surface area is 101 Å². The van der Waals surface area contributed by atoms with Crippen LogP contribution in [0.4, 0.5) is 5.69 Å². The Morgan fingerprint density at radius 2 is 2.38 bits per heavy atom. The molecule has 88 valence electrons. The lowest BCUT2D eigenvalue weighted by Crippen LogP contribution is -2.36. The summed E-state index contributed by atoms with van der Waals surface area (Å²) >= 11 is 6.05. The summed E-state index contributed by atoms with van der Waals surface area (Å²) in [6, 6.07) is 5.72. The Balaban J connectivity index is 2.04. The third-order valence-electron chi connectivity index (χ3n) is 2.93. The molecule has 1 fully saturated rings. The minimum absolute atomic E-state index is 0.113. The van der Waals surface area contributed by atoms with E-state index in [0.29, 0.717) is 22.5 Å². The summed E-state index contributed by atoms with van der Waals surface area (Å²) in [5.74, 6) is 0.669. The average molecular weight is 241 g/mol. The van der Waals surface area contributed by atoms with E-state index in [1.807, 2.05) is 0 Å². The van der Waals surface area contributed by atoms with Crippen molar-refractivity contribution in [3.05, 3.63) is 23.2 Å². The zero-order chi connectivity index (χ0) is 11.5. The van der Waals surface area contributed by atoms with Gasteiger partial charge in [0.15, 0.2) is 0 Å². The fraction of sp³-hybridized carbons (Fsp3) is 0.500. The second kappa shape index (κ2) is 4.93. The van der Waals surface area contributed by atoms with E-state index in [9.17, 15) is 0 Å². The van der Waals surface area contributed by atoms with Crippen molar-refractivity contribution >= 4 is 17.3 Å². The van der Waals surface area contributed by atoms with Gasteiger partial charge in [-0.15, -0.1) is 0 Å². The molecule has 1 heterocycles. The van der Waals surface area contributed by atoms with Crippen molar-refractivity contribution in [2.45, 2.75) is 31.9 Å². The molecule has 2 rings (SSSR count). The molecule has 1 aromatic carbocycles.